The number of thiophene rings is 1. The second-order valence-corrected chi connectivity index (χ2v) is 6.50. The van der Waals surface area contributed by atoms with Crippen LogP contribution in [0.1, 0.15) is 28.6 Å². The fourth-order valence-corrected chi connectivity index (χ4v) is 3.51. The molecule has 0 aliphatic carbocycles. The average molecular weight is 309 g/mol. The van der Waals surface area contributed by atoms with E-state index < -0.39 is 0 Å². The van der Waals surface area contributed by atoms with E-state index in [1.54, 1.807) is 11.3 Å². The lowest BCUT2D eigenvalue weighted by atomic mass is 10.0. The van der Waals surface area contributed by atoms with Crippen LogP contribution in [0.2, 0.25) is 0 Å². The number of fused-ring (bicyclic) bond motifs is 1. The first kappa shape index (κ1) is 14.8. The van der Waals surface area contributed by atoms with Gasteiger partial charge in [0, 0.05) is 10.7 Å². The number of benzene rings is 2. The molecule has 3 heteroatoms. The molecule has 3 rings (SSSR count). The van der Waals surface area contributed by atoms with Crippen molar-refractivity contribution in [3.63, 3.8) is 0 Å². The van der Waals surface area contributed by atoms with Gasteiger partial charge in [-0.05, 0) is 35.9 Å². The molecular formula is C19H19NOS. The van der Waals surface area contributed by atoms with Crippen molar-refractivity contribution >= 4 is 27.3 Å². The summed E-state index contributed by atoms with van der Waals surface area (Å²) in [4.78, 5) is 13.3. The van der Waals surface area contributed by atoms with Gasteiger partial charge in [0.15, 0.2) is 0 Å². The molecule has 0 spiro atoms. The lowest BCUT2D eigenvalue weighted by Crippen LogP contribution is -2.35. The minimum absolute atomic E-state index is 0.0315. The number of hydrogen-bond acceptors (Lipinski definition) is 2. The molecule has 112 valence electrons. The monoisotopic (exact) mass is 309 g/mol. The van der Waals surface area contributed by atoms with Crippen molar-refractivity contribution in [1.82, 2.24) is 5.32 Å². The van der Waals surface area contributed by atoms with Crippen LogP contribution < -0.4 is 5.32 Å². The minimum Gasteiger partial charge on any atom is -0.348 e. The first-order valence-electron chi connectivity index (χ1n) is 7.59. The zero-order chi connectivity index (χ0) is 15.4. The van der Waals surface area contributed by atoms with Gasteiger partial charge in [0.05, 0.1) is 4.88 Å². The van der Waals surface area contributed by atoms with Gasteiger partial charge < -0.3 is 5.32 Å². The Labute approximate surface area is 134 Å². The highest BCUT2D eigenvalue weighted by Gasteiger charge is 2.15. The first-order chi connectivity index (χ1) is 10.8. The van der Waals surface area contributed by atoms with Crippen LogP contribution in [0.5, 0.6) is 0 Å². The predicted octanol–water partition coefficient (Wildman–Crippen LogP) is 4.65. The molecule has 22 heavy (non-hydrogen) atoms. The second-order valence-electron chi connectivity index (χ2n) is 5.42. The van der Waals surface area contributed by atoms with Crippen LogP contribution in [-0.4, -0.2) is 11.9 Å². The van der Waals surface area contributed by atoms with Gasteiger partial charge in [-0.2, -0.15) is 0 Å². The topological polar surface area (TPSA) is 29.1 Å². The molecule has 0 saturated carbocycles. The number of rotatable bonds is 5. The van der Waals surface area contributed by atoms with E-state index in [0.29, 0.717) is 0 Å². The van der Waals surface area contributed by atoms with Crippen LogP contribution in [0.4, 0.5) is 0 Å². The largest absolute Gasteiger partial charge is 0.348 e. The number of amides is 1. The summed E-state index contributed by atoms with van der Waals surface area (Å²) in [5.41, 5.74) is 1.26. The standard InChI is InChI=1S/C19H19NOS/c1-2-16(12-14-8-4-3-5-9-14)20-19(21)18-13-15-10-6-7-11-17(15)22-18/h3-11,13,16H,2,12H2,1H3,(H,20,21)/t16-/m0/s1. The summed E-state index contributed by atoms with van der Waals surface area (Å²) in [6, 6.07) is 20.5. The van der Waals surface area contributed by atoms with Crippen LogP contribution in [0.15, 0.2) is 60.7 Å². The molecule has 0 bridgehead atoms. The molecule has 1 N–H and O–H groups in total. The molecule has 0 unspecified atom stereocenters. The third kappa shape index (κ3) is 3.37. The van der Waals surface area contributed by atoms with Crippen LogP contribution in [-0.2, 0) is 6.42 Å². The summed E-state index contributed by atoms with van der Waals surface area (Å²) >= 11 is 1.55. The maximum Gasteiger partial charge on any atom is 0.261 e. The number of hydrogen-bond donors (Lipinski definition) is 1. The first-order valence-corrected chi connectivity index (χ1v) is 8.41. The molecular weight excluding hydrogens is 290 g/mol. The van der Waals surface area contributed by atoms with Crippen molar-refractivity contribution in [2.75, 3.05) is 0 Å². The Balaban J connectivity index is 1.71. The normalized spacial score (nSPS) is 12.2. The molecule has 1 atom stereocenters. The van der Waals surface area contributed by atoms with Crippen molar-refractivity contribution in [3.05, 3.63) is 71.1 Å². The number of nitrogens with one attached hydrogen (secondary N) is 1. The van der Waals surface area contributed by atoms with Gasteiger partial charge in [0.1, 0.15) is 0 Å². The van der Waals surface area contributed by atoms with Gasteiger partial charge in [-0.25, -0.2) is 0 Å². The Morgan fingerprint density at radius 3 is 2.55 bits per heavy atom. The summed E-state index contributed by atoms with van der Waals surface area (Å²) in [6.07, 6.45) is 1.79. The summed E-state index contributed by atoms with van der Waals surface area (Å²) in [5, 5.41) is 4.30. The predicted molar refractivity (Wildman–Crippen MR) is 93.5 cm³/mol. The molecule has 2 aromatic carbocycles. The van der Waals surface area contributed by atoms with E-state index >= 15 is 0 Å². The Hall–Kier alpha value is -2.13. The van der Waals surface area contributed by atoms with Crippen LogP contribution in [0, 0.1) is 0 Å². The Morgan fingerprint density at radius 2 is 1.82 bits per heavy atom. The summed E-state index contributed by atoms with van der Waals surface area (Å²) in [5.74, 6) is 0.0315. The van der Waals surface area contributed by atoms with E-state index in [1.807, 2.05) is 42.5 Å². The summed E-state index contributed by atoms with van der Waals surface area (Å²) < 4.78 is 1.16. The maximum atomic E-state index is 12.5. The Kier molecular flexibility index (Phi) is 4.54. The van der Waals surface area contributed by atoms with Crippen molar-refractivity contribution in [1.29, 1.82) is 0 Å². The lowest BCUT2D eigenvalue weighted by Gasteiger charge is -2.16. The molecule has 2 nitrogen and oxygen atoms in total. The summed E-state index contributed by atoms with van der Waals surface area (Å²) in [7, 11) is 0. The molecule has 1 amide bonds. The van der Waals surface area contributed by atoms with Gasteiger partial charge in [-0.15, -0.1) is 11.3 Å². The van der Waals surface area contributed by atoms with Crippen molar-refractivity contribution in [3.8, 4) is 0 Å². The molecule has 0 fully saturated rings. The third-order valence-corrected chi connectivity index (χ3v) is 4.92. The SMILES string of the molecule is CC[C@@H](Cc1ccccc1)NC(=O)c1cc2ccccc2s1. The van der Waals surface area contributed by atoms with E-state index in [4.69, 9.17) is 0 Å². The van der Waals surface area contributed by atoms with Gasteiger partial charge >= 0.3 is 0 Å². The molecule has 0 aliphatic rings. The van der Waals surface area contributed by atoms with Crippen LogP contribution in [0.3, 0.4) is 0 Å². The summed E-state index contributed by atoms with van der Waals surface area (Å²) in [6.45, 7) is 2.11. The fourth-order valence-electron chi connectivity index (χ4n) is 2.55. The van der Waals surface area contributed by atoms with Crippen molar-refractivity contribution < 1.29 is 4.79 Å². The molecule has 1 heterocycles. The number of carbonyl (C=O) groups is 1. The molecule has 0 aliphatic heterocycles. The van der Waals surface area contributed by atoms with Gasteiger partial charge in [0.2, 0.25) is 0 Å². The molecule has 3 aromatic rings. The third-order valence-electron chi connectivity index (χ3n) is 3.80. The zero-order valence-electron chi connectivity index (χ0n) is 12.6. The van der Waals surface area contributed by atoms with Crippen molar-refractivity contribution in [2.45, 2.75) is 25.8 Å². The highest BCUT2D eigenvalue weighted by Crippen LogP contribution is 2.25. The highest BCUT2D eigenvalue weighted by molar-refractivity contribution is 7.20. The average Bonchev–Trinajstić information content (AvgIpc) is 2.99. The van der Waals surface area contributed by atoms with Crippen molar-refractivity contribution in [2.24, 2.45) is 0 Å². The second kappa shape index (κ2) is 6.75. The quantitative estimate of drug-likeness (QED) is 0.730. The molecule has 0 saturated heterocycles. The Morgan fingerprint density at radius 1 is 1.09 bits per heavy atom. The van der Waals surface area contributed by atoms with E-state index in [1.165, 1.54) is 5.56 Å². The fraction of sp³-hybridized carbons (Fsp3) is 0.211. The Bertz CT molecular complexity index is 730. The van der Waals surface area contributed by atoms with Crippen LogP contribution >= 0.6 is 11.3 Å². The minimum atomic E-state index is 0.0315. The zero-order valence-corrected chi connectivity index (χ0v) is 13.4. The van der Waals surface area contributed by atoms with Gasteiger partial charge in [-0.1, -0.05) is 55.5 Å². The molecule has 0 radical (unpaired) electrons. The van der Waals surface area contributed by atoms with Gasteiger partial charge in [-0.3, -0.25) is 4.79 Å². The van der Waals surface area contributed by atoms with Crippen LogP contribution in [0.25, 0.3) is 10.1 Å². The lowest BCUT2D eigenvalue weighted by molar-refractivity contribution is 0.0940. The smallest absolute Gasteiger partial charge is 0.261 e. The highest BCUT2D eigenvalue weighted by atomic mass is 32.1. The molecule has 1 aromatic heterocycles. The van der Waals surface area contributed by atoms with E-state index in [0.717, 1.165) is 27.8 Å². The number of carbonyl (C=O) groups excluding carboxylic acids is 1. The van der Waals surface area contributed by atoms with E-state index in [9.17, 15) is 4.79 Å². The van der Waals surface area contributed by atoms with E-state index in [-0.39, 0.29) is 11.9 Å². The maximum absolute atomic E-state index is 12.5. The van der Waals surface area contributed by atoms with Gasteiger partial charge in [0.25, 0.3) is 5.91 Å². The van der Waals surface area contributed by atoms with E-state index in [2.05, 4.69) is 30.4 Å².